The van der Waals surface area contributed by atoms with Crippen LogP contribution in [0.4, 0.5) is 5.69 Å². The van der Waals surface area contributed by atoms with Gasteiger partial charge >= 0.3 is 0 Å². The van der Waals surface area contributed by atoms with E-state index < -0.39 is 0 Å². The average Bonchev–Trinajstić information content (AvgIpc) is 2.98. The van der Waals surface area contributed by atoms with Crippen molar-refractivity contribution in [2.24, 2.45) is 5.92 Å². The van der Waals surface area contributed by atoms with E-state index in [1.807, 2.05) is 36.4 Å². The molecule has 1 fully saturated rings. The summed E-state index contributed by atoms with van der Waals surface area (Å²) >= 11 is 0. The van der Waals surface area contributed by atoms with Gasteiger partial charge in [0.25, 0.3) is 0 Å². The maximum absolute atomic E-state index is 12.5. The number of benzene rings is 2. The molecule has 1 aliphatic heterocycles. The van der Waals surface area contributed by atoms with Crippen molar-refractivity contribution in [3.63, 3.8) is 0 Å². The first kappa shape index (κ1) is 16.9. The lowest BCUT2D eigenvalue weighted by atomic mass is 10.0. The molecule has 1 saturated heterocycles. The van der Waals surface area contributed by atoms with E-state index in [0.717, 1.165) is 41.4 Å². The standard InChI is InChI=1S/C21H24N2O3/c1-14-6-5-9-23(12-14)13-21(24)22-17-11-19-16(10-20(17)25-2)15-7-3-4-8-18(15)26-19/h3-4,7-8,10-11,14H,5-6,9,12-13H2,1-2H3,(H,22,24). The number of likely N-dealkylation sites (tertiary alicyclic amines) is 1. The summed E-state index contributed by atoms with van der Waals surface area (Å²) in [4.78, 5) is 14.7. The Labute approximate surface area is 152 Å². The molecule has 5 nitrogen and oxygen atoms in total. The number of hydrogen-bond acceptors (Lipinski definition) is 4. The first-order valence-electron chi connectivity index (χ1n) is 9.15. The van der Waals surface area contributed by atoms with Crippen molar-refractivity contribution in [2.45, 2.75) is 19.8 Å². The number of hydrogen-bond donors (Lipinski definition) is 1. The Balaban J connectivity index is 1.59. The fourth-order valence-corrected chi connectivity index (χ4v) is 3.84. The van der Waals surface area contributed by atoms with E-state index in [1.54, 1.807) is 7.11 Å². The number of methoxy groups -OCH3 is 1. The summed E-state index contributed by atoms with van der Waals surface area (Å²) in [5.41, 5.74) is 2.22. The van der Waals surface area contributed by atoms with Crippen molar-refractivity contribution < 1.29 is 13.9 Å². The number of nitrogens with zero attached hydrogens (tertiary/aromatic N) is 1. The van der Waals surface area contributed by atoms with E-state index in [9.17, 15) is 4.79 Å². The number of fused-ring (bicyclic) bond motifs is 3. The number of nitrogens with one attached hydrogen (secondary N) is 1. The highest BCUT2D eigenvalue weighted by molar-refractivity contribution is 6.07. The molecule has 0 radical (unpaired) electrons. The van der Waals surface area contributed by atoms with E-state index in [1.165, 1.54) is 6.42 Å². The summed E-state index contributed by atoms with van der Waals surface area (Å²) < 4.78 is 11.4. The fraction of sp³-hybridized carbons (Fsp3) is 0.381. The molecule has 4 rings (SSSR count). The molecule has 1 aliphatic rings. The van der Waals surface area contributed by atoms with Crippen LogP contribution in [-0.4, -0.2) is 37.6 Å². The molecular formula is C21H24N2O3. The van der Waals surface area contributed by atoms with Crippen LogP contribution in [0.25, 0.3) is 21.9 Å². The van der Waals surface area contributed by atoms with Gasteiger partial charge in [0.05, 0.1) is 19.3 Å². The van der Waals surface area contributed by atoms with E-state index in [-0.39, 0.29) is 5.91 Å². The van der Waals surface area contributed by atoms with E-state index >= 15 is 0 Å². The predicted molar refractivity (Wildman–Crippen MR) is 104 cm³/mol. The number of carbonyl (C=O) groups excluding carboxylic acids is 1. The number of ether oxygens (including phenoxy) is 1. The van der Waals surface area contributed by atoms with E-state index in [4.69, 9.17) is 9.15 Å². The summed E-state index contributed by atoms with van der Waals surface area (Å²) in [6.07, 6.45) is 2.40. The third kappa shape index (κ3) is 3.27. The lowest BCUT2D eigenvalue weighted by Crippen LogP contribution is -2.39. The highest BCUT2D eigenvalue weighted by Gasteiger charge is 2.20. The van der Waals surface area contributed by atoms with Crippen molar-refractivity contribution in [1.29, 1.82) is 0 Å². The molecule has 1 amide bonds. The van der Waals surface area contributed by atoms with Crippen molar-refractivity contribution in [1.82, 2.24) is 4.90 Å². The number of furan rings is 1. The van der Waals surface area contributed by atoms with Crippen LogP contribution in [0, 0.1) is 5.92 Å². The van der Waals surface area contributed by atoms with Crippen LogP contribution in [-0.2, 0) is 4.79 Å². The minimum absolute atomic E-state index is 0.0205. The molecule has 1 aromatic heterocycles. The Morgan fingerprint density at radius 2 is 2.12 bits per heavy atom. The maximum Gasteiger partial charge on any atom is 0.238 e. The van der Waals surface area contributed by atoms with Crippen LogP contribution < -0.4 is 10.1 Å². The Bertz CT molecular complexity index is 947. The van der Waals surface area contributed by atoms with Crippen molar-refractivity contribution in [3.05, 3.63) is 36.4 Å². The maximum atomic E-state index is 12.5. The molecule has 3 aromatic rings. The largest absolute Gasteiger partial charge is 0.495 e. The molecule has 5 heteroatoms. The molecule has 26 heavy (non-hydrogen) atoms. The van der Waals surface area contributed by atoms with Crippen LogP contribution in [0.15, 0.2) is 40.8 Å². The lowest BCUT2D eigenvalue weighted by Gasteiger charge is -2.30. The minimum atomic E-state index is -0.0205. The SMILES string of the molecule is COc1cc2c(cc1NC(=O)CN1CCCC(C)C1)oc1ccccc12. The third-order valence-electron chi connectivity index (χ3n) is 5.08. The smallest absolute Gasteiger partial charge is 0.238 e. The number of para-hydroxylation sites is 1. The molecule has 1 N–H and O–H groups in total. The number of anilines is 1. The second kappa shape index (κ2) is 7.00. The van der Waals surface area contributed by atoms with Crippen LogP contribution >= 0.6 is 0 Å². The summed E-state index contributed by atoms with van der Waals surface area (Å²) in [6.45, 7) is 4.61. The number of carbonyl (C=O) groups is 1. The number of rotatable bonds is 4. The number of piperidine rings is 1. The zero-order chi connectivity index (χ0) is 18.1. The highest BCUT2D eigenvalue weighted by atomic mass is 16.5. The Hall–Kier alpha value is -2.53. The predicted octanol–water partition coefficient (Wildman–Crippen LogP) is 4.27. The molecular weight excluding hydrogens is 328 g/mol. The normalized spacial score (nSPS) is 18.3. The molecule has 2 heterocycles. The van der Waals surface area contributed by atoms with E-state index in [0.29, 0.717) is 23.9 Å². The van der Waals surface area contributed by atoms with Crippen LogP contribution in [0.1, 0.15) is 19.8 Å². The molecule has 0 saturated carbocycles. The topological polar surface area (TPSA) is 54.7 Å². The monoisotopic (exact) mass is 352 g/mol. The molecule has 0 bridgehead atoms. The van der Waals surface area contributed by atoms with Crippen LogP contribution in [0.5, 0.6) is 5.75 Å². The summed E-state index contributed by atoms with van der Waals surface area (Å²) in [5, 5.41) is 5.02. The van der Waals surface area contributed by atoms with Crippen molar-refractivity contribution in [3.8, 4) is 5.75 Å². The molecule has 1 unspecified atom stereocenters. The van der Waals surface area contributed by atoms with Gasteiger partial charge in [-0.3, -0.25) is 9.69 Å². The summed E-state index contributed by atoms with van der Waals surface area (Å²) in [7, 11) is 1.62. The van der Waals surface area contributed by atoms with Crippen LogP contribution in [0.2, 0.25) is 0 Å². The molecule has 0 aliphatic carbocycles. The van der Waals surface area contributed by atoms with Crippen molar-refractivity contribution >= 4 is 33.5 Å². The molecule has 0 spiro atoms. The van der Waals surface area contributed by atoms with Gasteiger partial charge in [-0.05, 0) is 37.4 Å². The Morgan fingerprint density at radius 1 is 1.27 bits per heavy atom. The van der Waals surface area contributed by atoms with Gasteiger partial charge in [0, 0.05) is 23.4 Å². The van der Waals surface area contributed by atoms with Gasteiger partial charge < -0.3 is 14.5 Å². The first-order chi connectivity index (χ1) is 12.6. The minimum Gasteiger partial charge on any atom is -0.495 e. The second-order valence-electron chi connectivity index (χ2n) is 7.18. The molecule has 2 aromatic carbocycles. The molecule has 136 valence electrons. The van der Waals surface area contributed by atoms with Gasteiger partial charge in [-0.25, -0.2) is 0 Å². The third-order valence-corrected chi connectivity index (χ3v) is 5.08. The second-order valence-corrected chi connectivity index (χ2v) is 7.18. The van der Waals surface area contributed by atoms with Gasteiger partial charge in [-0.15, -0.1) is 0 Å². The van der Waals surface area contributed by atoms with Gasteiger partial charge in [0.15, 0.2) is 0 Å². The molecule has 1 atom stereocenters. The average molecular weight is 352 g/mol. The van der Waals surface area contributed by atoms with Gasteiger partial charge in [-0.1, -0.05) is 25.1 Å². The highest BCUT2D eigenvalue weighted by Crippen LogP contribution is 2.36. The fourth-order valence-electron chi connectivity index (χ4n) is 3.84. The van der Waals surface area contributed by atoms with Gasteiger partial charge in [-0.2, -0.15) is 0 Å². The zero-order valence-electron chi connectivity index (χ0n) is 15.2. The Morgan fingerprint density at radius 3 is 2.92 bits per heavy atom. The lowest BCUT2D eigenvalue weighted by molar-refractivity contribution is -0.117. The first-order valence-corrected chi connectivity index (χ1v) is 9.15. The van der Waals surface area contributed by atoms with Gasteiger partial charge in [0.2, 0.25) is 5.91 Å². The van der Waals surface area contributed by atoms with Gasteiger partial charge in [0.1, 0.15) is 16.9 Å². The summed E-state index contributed by atoms with van der Waals surface area (Å²) in [5.74, 6) is 1.27. The quantitative estimate of drug-likeness (QED) is 0.762. The van der Waals surface area contributed by atoms with Crippen molar-refractivity contribution in [2.75, 3.05) is 32.1 Å². The van der Waals surface area contributed by atoms with E-state index in [2.05, 4.69) is 17.1 Å². The zero-order valence-corrected chi connectivity index (χ0v) is 15.2. The van der Waals surface area contributed by atoms with Crippen LogP contribution in [0.3, 0.4) is 0 Å². The Kier molecular flexibility index (Phi) is 4.55. The summed E-state index contributed by atoms with van der Waals surface area (Å²) in [6, 6.07) is 11.7. The number of amides is 1.